The first kappa shape index (κ1) is 11.4. The van der Waals surface area contributed by atoms with Crippen molar-refractivity contribution in [2.24, 2.45) is 11.8 Å². The van der Waals surface area contributed by atoms with E-state index < -0.39 is 0 Å². The fourth-order valence-corrected chi connectivity index (χ4v) is 2.12. The van der Waals surface area contributed by atoms with Crippen molar-refractivity contribution in [3.8, 4) is 0 Å². The summed E-state index contributed by atoms with van der Waals surface area (Å²) in [6, 6.07) is 2.12. The molecule has 1 aromatic rings. The average Bonchev–Trinajstić information content (AvgIpc) is 2.38. The summed E-state index contributed by atoms with van der Waals surface area (Å²) >= 11 is 0. The van der Waals surface area contributed by atoms with Crippen molar-refractivity contribution in [2.45, 2.75) is 25.3 Å². The Morgan fingerprint density at radius 3 is 2.88 bits per heavy atom. The number of aromatic nitrogens is 2. The largest absolute Gasteiger partial charge is 0.381 e. The van der Waals surface area contributed by atoms with Crippen molar-refractivity contribution in [2.75, 3.05) is 13.2 Å². The molecular weight excluding hydrogens is 204 g/mol. The van der Waals surface area contributed by atoms with Gasteiger partial charge in [0.2, 0.25) is 0 Å². The minimum absolute atomic E-state index is 0.165. The maximum absolute atomic E-state index is 5.59. The summed E-state index contributed by atoms with van der Waals surface area (Å²) in [5.41, 5.74) is 3.96. The molecular formula is C11H18N4O. The number of hydrogen-bond donors (Lipinski definition) is 2. The molecule has 1 aliphatic rings. The lowest BCUT2D eigenvalue weighted by Gasteiger charge is -2.26. The van der Waals surface area contributed by atoms with Crippen LogP contribution in [0.4, 0.5) is 0 Å². The van der Waals surface area contributed by atoms with Gasteiger partial charge in [-0.3, -0.25) is 11.3 Å². The zero-order valence-corrected chi connectivity index (χ0v) is 9.30. The summed E-state index contributed by atoms with van der Waals surface area (Å²) in [5, 5.41) is 7.65. The summed E-state index contributed by atoms with van der Waals surface area (Å²) in [4.78, 5) is 0. The Labute approximate surface area is 95.4 Å². The molecule has 1 aliphatic heterocycles. The lowest BCUT2D eigenvalue weighted by atomic mass is 9.90. The Bertz CT molecular complexity index is 300. The Balaban J connectivity index is 1.94. The molecule has 0 saturated carbocycles. The molecule has 2 rings (SSSR count). The Hall–Kier alpha value is -1.04. The second-order valence-corrected chi connectivity index (χ2v) is 4.19. The molecule has 88 valence electrons. The van der Waals surface area contributed by atoms with Crippen LogP contribution in [-0.2, 0) is 4.74 Å². The molecule has 0 amide bonds. The van der Waals surface area contributed by atoms with E-state index in [4.69, 9.17) is 10.6 Å². The predicted octanol–water partition coefficient (Wildman–Crippen LogP) is 0.798. The SMILES string of the molecule is NNC(CC1CCOCC1)c1ccnnc1. The average molecular weight is 222 g/mol. The molecule has 0 radical (unpaired) electrons. The quantitative estimate of drug-likeness (QED) is 0.582. The van der Waals surface area contributed by atoms with Gasteiger partial charge < -0.3 is 4.74 Å². The molecule has 2 heterocycles. The van der Waals surface area contributed by atoms with Crippen LogP contribution in [0.1, 0.15) is 30.9 Å². The van der Waals surface area contributed by atoms with Gasteiger partial charge in [0.15, 0.2) is 0 Å². The van der Waals surface area contributed by atoms with Crippen LogP contribution < -0.4 is 11.3 Å². The molecule has 1 fully saturated rings. The Morgan fingerprint density at radius 2 is 2.25 bits per heavy atom. The van der Waals surface area contributed by atoms with Crippen LogP contribution in [-0.4, -0.2) is 23.4 Å². The van der Waals surface area contributed by atoms with Gasteiger partial charge in [-0.15, -0.1) is 0 Å². The second kappa shape index (κ2) is 5.89. The molecule has 16 heavy (non-hydrogen) atoms. The van der Waals surface area contributed by atoms with E-state index in [9.17, 15) is 0 Å². The van der Waals surface area contributed by atoms with E-state index in [0.29, 0.717) is 5.92 Å². The number of hydrazine groups is 1. The van der Waals surface area contributed by atoms with E-state index >= 15 is 0 Å². The van der Waals surface area contributed by atoms with E-state index in [1.807, 2.05) is 6.07 Å². The number of rotatable bonds is 4. The van der Waals surface area contributed by atoms with Crippen LogP contribution in [0.2, 0.25) is 0 Å². The molecule has 0 aliphatic carbocycles. The van der Waals surface area contributed by atoms with Crippen LogP contribution in [0.15, 0.2) is 18.5 Å². The number of hydrogen-bond acceptors (Lipinski definition) is 5. The first-order valence-corrected chi connectivity index (χ1v) is 5.70. The maximum atomic E-state index is 5.59. The maximum Gasteiger partial charge on any atom is 0.0544 e. The second-order valence-electron chi connectivity index (χ2n) is 4.19. The van der Waals surface area contributed by atoms with Gasteiger partial charge in [0.25, 0.3) is 0 Å². The molecule has 0 spiro atoms. The van der Waals surface area contributed by atoms with E-state index in [-0.39, 0.29) is 6.04 Å². The first-order valence-electron chi connectivity index (χ1n) is 5.70. The van der Waals surface area contributed by atoms with Crippen molar-refractivity contribution >= 4 is 0 Å². The van der Waals surface area contributed by atoms with Gasteiger partial charge >= 0.3 is 0 Å². The van der Waals surface area contributed by atoms with E-state index in [2.05, 4.69) is 15.6 Å². The third-order valence-electron chi connectivity index (χ3n) is 3.12. The summed E-state index contributed by atoms with van der Waals surface area (Å²) in [5.74, 6) is 6.28. The number of nitrogens with zero attached hydrogens (tertiary/aromatic N) is 2. The van der Waals surface area contributed by atoms with Crippen molar-refractivity contribution in [1.29, 1.82) is 0 Å². The van der Waals surface area contributed by atoms with Gasteiger partial charge in [-0.05, 0) is 36.8 Å². The molecule has 5 heteroatoms. The highest BCUT2D eigenvalue weighted by atomic mass is 16.5. The smallest absolute Gasteiger partial charge is 0.0544 e. The van der Waals surface area contributed by atoms with Crippen LogP contribution >= 0.6 is 0 Å². The van der Waals surface area contributed by atoms with Crippen LogP contribution in [0, 0.1) is 5.92 Å². The Morgan fingerprint density at radius 1 is 1.44 bits per heavy atom. The summed E-state index contributed by atoms with van der Waals surface area (Å²) in [6.45, 7) is 1.74. The molecule has 0 aromatic carbocycles. The van der Waals surface area contributed by atoms with Crippen LogP contribution in [0.3, 0.4) is 0 Å². The monoisotopic (exact) mass is 222 g/mol. The van der Waals surface area contributed by atoms with Crippen molar-refractivity contribution < 1.29 is 4.74 Å². The number of ether oxygens (including phenoxy) is 1. The summed E-state index contributed by atoms with van der Waals surface area (Å²) in [6.07, 6.45) is 6.74. The zero-order chi connectivity index (χ0) is 11.2. The van der Waals surface area contributed by atoms with Crippen LogP contribution in [0.5, 0.6) is 0 Å². The standard InChI is InChI=1S/C11H18N4O/c12-15-11(10-1-4-13-14-8-10)7-9-2-5-16-6-3-9/h1,4,8-9,11,15H,2-3,5-7,12H2. The minimum atomic E-state index is 0.165. The lowest BCUT2D eigenvalue weighted by molar-refractivity contribution is 0.0605. The van der Waals surface area contributed by atoms with Crippen LogP contribution in [0.25, 0.3) is 0 Å². The number of nitrogens with one attached hydrogen (secondary N) is 1. The fourth-order valence-electron chi connectivity index (χ4n) is 2.12. The predicted molar refractivity (Wildman–Crippen MR) is 60.3 cm³/mol. The highest BCUT2D eigenvalue weighted by Crippen LogP contribution is 2.26. The van der Waals surface area contributed by atoms with E-state index in [1.165, 1.54) is 0 Å². The first-order chi connectivity index (χ1) is 7.90. The number of nitrogens with two attached hydrogens (primary N) is 1. The van der Waals surface area contributed by atoms with Gasteiger partial charge in [0.05, 0.1) is 6.20 Å². The molecule has 3 N–H and O–H groups in total. The minimum Gasteiger partial charge on any atom is -0.381 e. The molecule has 1 atom stereocenters. The fraction of sp³-hybridized carbons (Fsp3) is 0.636. The van der Waals surface area contributed by atoms with Crippen molar-refractivity contribution in [1.82, 2.24) is 15.6 Å². The molecule has 1 saturated heterocycles. The zero-order valence-electron chi connectivity index (χ0n) is 9.30. The lowest BCUT2D eigenvalue weighted by Crippen LogP contribution is -2.31. The molecule has 1 unspecified atom stereocenters. The topological polar surface area (TPSA) is 73.1 Å². The molecule has 1 aromatic heterocycles. The highest BCUT2D eigenvalue weighted by Gasteiger charge is 2.19. The van der Waals surface area contributed by atoms with Gasteiger partial charge in [-0.2, -0.15) is 10.2 Å². The summed E-state index contributed by atoms with van der Waals surface area (Å²) in [7, 11) is 0. The van der Waals surface area contributed by atoms with E-state index in [0.717, 1.165) is 38.0 Å². The third-order valence-corrected chi connectivity index (χ3v) is 3.12. The molecule has 0 bridgehead atoms. The molecule has 5 nitrogen and oxygen atoms in total. The van der Waals surface area contributed by atoms with Gasteiger partial charge in [-0.25, -0.2) is 0 Å². The summed E-state index contributed by atoms with van der Waals surface area (Å²) < 4.78 is 5.35. The normalized spacial score (nSPS) is 19.6. The van der Waals surface area contributed by atoms with Gasteiger partial charge in [-0.1, -0.05) is 0 Å². The van der Waals surface area contributed by atoms with Crippen molar-refractivity contribution in [3.05, 3.63) is 24.0 Å². The van der Waals surface area contributed by atoms with Crippen molar-refractivity contribution in [3.63, 3.8) is 0 Å². The third kappa shape index (κ3) is 2.98. The van der Waals surface area contributed by atoms with E-state index in [1.54, 1.807) is 12.4 Å². The highest BCUT2D eigenvalue weighted by molar-refractivity contribution is 5.11. The van der Waals surface area contributed by atoms with Gasteiger partial charge in [0, 0.05) is 25.5 Å². The van der Waals surface area contributed by atoms with Gasteiger partial charge in [0.1, 0.15) is 0 Å². The Kier molecular flexibility index (Phi) is 4.21.